The van der Waals surface area contributed by atoms with E-state index >= 15 is 0 Å². The number of carbonyl (C=O) groups is 1. The largest absolute Gasteiger partial charge is 0.477 e. The molecule has 1 fully saturated rings. The van der Waals surface area contributed by atoms with Gasteiger partial charge in [-0.2, -0.15) is 5.10 Å². The topological polar surface area (TPSA) is 93.4 Å². The van der Waals surface area contributed by atoms with E-state index in [9.17, 15) is 14.0 Å². The molecule has 138 valence electrons. The van der Waals surface area contributed by atoms with E-state index in [2.05, 4.69) is 10.4 Å². The van der Waals surface area contributed by atoms with Gasteiger partial charge in [0, 0.05) is 25.2 Å². The van der Waals surface area contributed by atoms with Crippen molar-refractivity contribution in [3.8, 4) is 0 Å². The van der Waals surface area contributed by atoms with Crippen LogP contribution in [0.5, 0.6) is 0 Å². The minimum atomic E-state index is -1.31. The summed E-state index contributed by atoms with van der Waals surface area (Å²) in [5, 5.41) is 16.3. The third-order valence-corrected chi connectivity index (χ3v) is 4.54. The van der Waals surface area contributed by atoms with E-state index in [-0.39, 0.29) is 23.0 Å². The fourth-order valence-electron chi connectivity index (χ4n) is 2.97. The summed E-state index contributed by atoms with van der Waals surface area (Å²) in [4.78, 5) is 23.4. The zero-order valence-corrected chi connectivity index (χ0v) is 14.4. The first kappa shape index (κ1) is 18.5. The van der Waals surface area contributed by atoms with E-state index in [1.54, 1.807) is 6.07 Å². The number of carboxylic acids is 1. The molecule has 9 heteroatoms. The van der Waals surface area contributed by atoms with Gasteiger partial charge in [-0.1, -0.05) is 17.7 Å². The third kappa shape index (κ3) is 3.92. The number of nitrogens with one attached hydrogen (secondary N) is 1. The molecule has 2 unspecified atom stereocenters. The maximum atomic E-state index is 13.9. The Morgan fingerprint density at radius 1 is 1.46 bits per heavy atom. The Labute approximate surface area is 153 Å². The zero-order valence-electron chi connectivity index (χ0n) is 13.7. The lowest BCUT2D eigenvalue weighted by atomic mass is 9.95. The summed E-state index contributed by atoms with van der Waals surface area (Å²) in [6, 6.07) is 5.61. The van der Waals surface area contributed by atoms with Crippen molar-refractivity contribution >= 4 is 17.6 Å². The van der Waals surface area contributed by atoms with Crippen molar-refractivity contribution in [1.82, 2.24) is 15.1 Å². The number of halogens is 2. The molecule has 2 N–H and O–H groups in total. The average molecular weight is 382 g/mol. The average Bonchev–Trinajstić information content (AvgIpc) is 2.84. The number of rotatable bonds is 4. The summed E-state index contributed by atoms with van der Waals surface area (Å²) >= 11 is 5.75. The van der Waals surface area contributed by atoms with Crippen LogP contribution in [-0.2, 0) is 11.3 Å². The molecule has 1 aromatic carbocycles. The monoisotopic (exact) mass is 381 g/mol. The number of aromatic nitrogens is 2. The van der Waals surface area contributed by atoms with Crippen LogP contribution in [0.25, 0.3) is 0 Å². The summed E-state index contributed by atoms with van der Waals surface area (Å²) in [5.74, 6) is -2.11. The number of benzene rings is 1. The molecule has 0 aliphatic carbocycles. The fourth-order valence-corrected chi connectivity index (χ4v) is 3.09. The van der Waals surface area contributed by atoms with Crippen molar-refractivity contribution in [2.24, 2.45) is 5.92 Å². The highest BCUT2D eigenvalue weighted by Crippen LogP contribution is 2.30. The van der Waals surface area contributed by atoms with Gasteiger partial charge >= 0.3 is 5.97 Å². The molecule has 0 spiro atoms. The van der Waals surface area contributed by atoms with Crippen molar-refractivity contribution in [2.45, 2.75) is 12.6 Å². The maximum Gasteiger partial charge on any atom is 0.341 e. The van der Waals surface area contributed by atoms with E-state index in [4.69, 9.17) is 21.4 Å². The number of ether oxygens (including phenoxy) is 1. The second-order valence-corrected chi connectivity index (χ2v) is 6.37. The summed E-state index contributed by atoms with van der Waals surface area (Å²) in [7, 11) is 0. The van der Waals surface area contributed by atoms with Gasteiger partial charge in [0.2, 0.25) is 0 Å². The molecule has 0 radical (unpaired) electrons. The van der Waals surface area contributed by atoms with E-state index in [0.717, 1.165) is 10.7 Å². The van der Waals surface area contributed by atoms with Gasteiger partial charge in [0.05, 0.1) is 24.3 Å². The van der Waals surface area contributed by atoms with Crippen LogP contribution in [0.1, 0.15) is 22.0 Å². The Kier molecular flexibility index (Phi) is 5.65. The van der Waals surface area contributed by atoms with Gasteiger partial charge in [0.25, 0.3) is 5.56 Å². The second kappa shape index (κ2) is 7.94. The first-order valence-corrected chi connectivity index (χ1v) is 8.42. The van der Waals surface area contributed by atoms with Gasteiger partial charge in [0.1, 0.15) is 11.4 Å². The molecule has 3 rings (SSSR count). The molecule has 2 heterocycles. The Hall–Kier alpha value is -2.29. The summed E-state index contributed by atoms with van der Waals surface area (Å²) < 4.78 is 20.8. The van der Waals surface area contributed by atoms with Crippen LogP contribution in [0.4, 0.5) is 4.39 Å². The van der Waals surface area contributed by atoms with E-state index in [1.165, 1.54) is 18.3 Å². The minimum Gasteiger partial charge on any atom is -0.477 e. The lowest BCUT2D eigenvalue weighted by Gasteiger charge is -2.25. The molecule has 2 atom stereocenters. The lowest BCUT2D eigenvalue weighted by Crippen LogP contribution is -2.35. The molecule has 0 saturated carbocycles. The van der Waals surface area contributed by atoms with Crippen LogP contribution in [0.3, 0.4) is 0 Å². The molecule has 26 heavy (non-hydrogen) atoms. The highest BCUT2D eigenvalue weighted by Gasteiger charge is 2.28. The second-order valence-electron chi connectivity index (χ2n) is 5.97. The Morgan fingerprint density at radius 2 is 2.27 bits per heavy atom. The molecule has 0 bridgehead atoms. The predicted octanol–water partition coefficient (Wildman–Crippen LogP) is 1.71. The molecule has 7 nitrogen and oxygen atoms in total. The highest BCUT2D eigenvalue weighted by molar-refractivity contribution is 6.30. The van der Waals surface area contributed by atoms with Gasteiger partial charge in [-0.15, -0.1) is 0 Å². The fraction of sp³-hybridized carbons (Fsp3) is 0.353. The predicted molar refractivity (Wildman–Crippen MR) is 91.9 cm³/mol. The van der Waals surface area contributed by atoms with Crippen molar-refractivity contribution in [2.75, 3.05) is 19.7 Å². The van der Waals surface area contributed by atoms with Crippen LogP contribution < -0.4 is 10.9 Å². The number of nitrogens with zero attached hydrogens (tertiary/aromatic N) is 2. The Morgan fingerprint density at radius 3 is 3.00 bits per heavy atom. The third-order valence-electron chi connectivity index (χ3n) is 4.23. The molecular weight excluding hydrogens is 365 g/mol. The van der Waals surface area contributed by atoms with E-state index in [0.29, 0.717) is 25.3 Å². The van der Waals surface area contributed by atoms with Crippen LogP contribution >= 0.6 is 11.6 Å². The standard InChI is InChI=1S/C17H17ClFN3O4/c18-13-2-1-10(7-14(13)19)15-11(8-20-5-6-26-15)9-22-16(23)12(17(24)25)3-4-21-22/h1-4,7,11,15,20H,5-6,8-9H2,(H,24,25). The molecular formula is C17H17ClFN3O4. The number of hydrogen-bond acceptors (Lipinski definition) is 5. The van der Waals surface area contributed by atoms with Crippen molar-refractivity contribution < 1.29 is 19.0 Å². The maximum absolute atomic E-state index is 13.9. The minimum absolute atomic E-state index is 0.0177. The number of aromatic carboxylic acids is 1. The number of hydrogen-bond donors (Lipinski definition) is 2. The molecule has 1 aromatic heterocycles. The first-order valence-electron chi connectivity index (χ1n) is 8.04. The van der Waals surface area contributed by atoms with E-state index in [1.807, 2.05) is 0 Å². The quantitative estimate of drug-likeness (QED) is 0.837. The molecule has 2 aromatic rings. The SMILES string of the molecule is O=C(O)c1ccnn(CC2CNCCOC2c2ccc(Cl)c(F)c2)c1=O. The molecule has 0 amide bonds. The summed E-state index contributed by atoms with van der Waals surface area (Å²) in [6.07, 6.45) is 0.784. The summed E-state index contributed by atoms with van der Waals surface area (Å²) in [6.45, 7) is 1.66. The molecule has 1 aliphatic heterocycles. The van der Waals surface area contributed by atoms with Crippen LogP contribution in [0.2, 0.25) is 5.02 Å². The zero-order chi connectivity index (χ0) is 18.7. The smallest absolute Gasteiger partial charge is 0.341 e. The van der Waals surface area contributed by atoms with Crippen molar-refractivity contribution in [3.05, 3.63) is 62.8 Å². The van der Waals surface area contributed by atoms with Gasteiger partial charge in [0.15, 0.2) is 0 Å². The Balaban J connectivity index is 1.93. The van der Waals surface area contributed by atoms with Crippen LogP contribution in [0, 0.1) is 11.7 Å². The lowest BCUT2D eigenvalue weighted by molar-refractivity contribution is 0.0236. The van der Waals surface area contributed by atoms with Gasteiger partial charge < -0.3 is 15.2 Å². The highest BCUT2D eigenvalue weighted by atomic mass is 35.5. The molecule has 1 saturated heterocycles. The van der Waals surface area contributed by atoms with Gasteiger partial charge in [-0.3, -0.25) is 4.79 Å². The van der Waals surface area contributed by atoms with Crippen molar-refractivity contribution in [1.29, 1.82) is 0 Å². The van der Waals surface area contributed by atoms with Crippen molar-refractivity contribution in [3.63, 3.8) is 0 Å². The van der Waals surface area contributed by atoms with Crippen LogP contribution in [0.15, 0.2) is 35.3 Å². The van der Waals surface area contributed by atoms with Crippen LogP contribution in [-0.4, -0.2) is 40.6 Å². The Bertz CT molecular complexity index is 873. The van der Waals surface area contributed by atoms with E-state index < -0.39 is 23.4 Å². The molecule has 1 aliphatic rings. The van der Waals surface area contributed by atoms with Gasteiger partial charge in [-0.25, -0.2) is 13.9 Å². The van der Waals surface area contributed by atoms with Gasteiger partial charge in [-0.05, 0) is 23.8 Å². The normalized spacial score (nSPS) is 20.5. The number of carboxylic acid groups (broad SMARTS) is 1. The summed E-state index contributed by atoms with van der Waals surface area (Å²) in [5.41, 5.74) is -0.440. The first-order chi connectivity index (χ1) is 12.5.